The number of likely N-dealkylation sites (tertiary alicyclic amines) is 1. The zero-order valence-electron chi connectivity index (χ0n) is 22.4. The number of carbonyl (C=O) groups excluding carboxylic acids is 1. The predicted molar refractivity (Wildman–Crippen MR) is 151 cm³/mol. The summed E-state index contributed by atoms with van der Waals surface area (Å²) in [5.74, 6) is 0.857. The summed E-state index contributed by atoms with van der Waals surface area (Å²) in [6.07, 6.45) is 5.44. The van der Waals surface area contributed by atoms with Gasteiger partial charge < -0.3 is 15.0 Å². The standard InChI is InChI=1S/C29H41Cl2N3O2/c1-20-21(2)28(36-16-7-6-14-33(4)5)11-10-27(20)22(3)34-15-8-9-26(34)12-13-32-29(35)23-17-24(30)19-25(31)18-23/h10-11,17-19,22,26H,6-9,12-16H2,1-5H3,(H,32,35). The highest BCUT2D eigenvalue weighted by Gasteiger charge is 2.30. The van der Waals surface area contributed by atoms with Gasteiger partial charge in [0.1, 0.15) is 5.75 Å². The lowest BCUT2D eigenvalue weighted by atomic mass is 9.96. The normalized spacial score (nSPS) is 16.9. The van der Waals surface area contributed by atoms with Gasteiger partial charge in [0, 0.05) is 34.2 Å². The molecule has 2 aromatic carbocycles. The smallest absolute Gasteiger partial charge is 0.251 e. The molecule has 3 rings (SSSR count). The summed E-state index contributed by atoms with van der Waals surface area (Å²) in [5, 5.41) is 3.97. The van der Waals surface area contributed by atoms with Crippen LogP contribution in [0.5, 0.6) is 5.75 Å². The summed E-state index contributed by atoms with van der Waals surface area (Å²) >= 11 is 12.1. The van der Waals surface area contributed by atoms with Crippen molar-refractivity contribution in [3.05, 3.63) is 62.6 Å². The second-order valence-corrected chi connectivity index (χ2v) is 11.0. The average molecular weight is 535 g/mol. The Kier molecular flexibility index (Phi) is 10.9. The van der Waals surface area contributed by atoms with E-state index in [4.69, 9.17) is 27.9 Å². The molecule has 0 radical (unpaired) electrons. The van der Waals surface area contributed by atoms with Crippen molar-refractivity contribution in [1.29, 1.82) is 0 Å². The molecule has 0 aliphatic carbocycles. The van der Waals surface area contributed by atoms with Gasteiger partial charge in [0.2, 0.25) is 0 Å². The molecule has 1 amide bonds. The molecule has 2 unspecified atom stereocenters. The van der Waals surface area contributed by atoms with Crippen LogP contribution in [0.2, 0.25) is 10.0 Å². The maximum atomic E-state index is 12.6. The molecular weight excluding hydrogens is 493 g/mol. The van der Waals surface area contributed by atoms with Crippen LogP contribution < -0.4 is 10.1 Å². The van der Waals surface area contributed by atoms with Gasteiger partial charge in [0.25, 0.3) is 5.91 Å². The van der Waals surface area contributed by atoms with Crippen LogP contribution in [0.15, 0.2) is 30.3 Å². The summed E-state index contributed by atoms with van der Waals surface area (Å²) in [4.78, 5) is 17.4. The fraction of sp³-hybridized carbons (Fsp3) is 0.552. The fourth-order valence-electron chi connectivity index (χ4n) is 5.13. The van der Waals surface area contributed by atoms with E-state index in [0.29, 0.717) is 34.2 Å². The van der Waals surface area contributed by atoms with Crippen molar-refractivity contribution in [1.82, 2.24) is 15.1 Å². The molecule has 0 saturated carbocycles. The molecule has 0 aromatic heterocycles. The largest absolute Gasteiger partial charge is 0.493 e. The van der Waals surface area contributed by atoms with Crippen LogP contribution in [-0.4, -0.2) is 62.1 Å². The molecule has 1 aliphatic heterocycles. The Hall–Kier alpha value is -1.79. The number of halogens is 2. The van der Waals surface area contributed by atoms with E-state index in [2.05, 4.69) is 62.1 Å². The van der Waals surface area contributed by atoms with E-state index in [0.717, 1.165) is 51.1 Å². The Morgan fingerprint density at radius 3 is 2.56 bits per heavy atom. The summed E-state index contributed by atoms with van der Waals surface area (Å²) in [5.41, 5.74) is 4.40. The van der Waals surface area contributed by atoms with Crippen molar-refractivity contribution in [2.75, 3.05) is 40.3 Å². The minimum absolute atomic E-state index is 0.138. The lowest BCUT2D eigenvalue weighted by Crippen LogP contribution is -2.36. The van der Waals surface area contributed by atoms with Gasteiger partial charge in [0.05, 0.1) is 6.61 Å². The van der Waals surface area contributed by atoms with E-state index in [1.54, 1.807) is 18.2 Å². The van der Waals surface area contributed by atoms with Crippen LogP contribution in [0, 0.1) is 13.8 Å². The number of rotatable bonds is 12. The van der Waals surface area contributed by atoms with Crippen molar-refractivity contribution >= 4 is 29.1 Å². The van der Waals surface area contributed by atoms with Crippen molar-refractivity contribution in [3.63, 3.8) is 0 Å². The molecule has 198 valence electrons. The van der Waals surface area contributed by atoms with E-state index in [1.807, 2.05) is 0 Å². The van der Waals surface area contributed by atoms with Crippen LogP contribution in [0.3, 0.4) is 0 Å². The van der Waals surface area contributed by atoms with Crippen LogP contribution in [0.1, 0.15) is 72.1 Å². The molecule has 1 N–H and O–H groups in total. The number of hydrogen-bond donors (Lipinski definition) is 1. The molecule has 2 atom stereocenters. The number of benzene rings is 2. The minimum Gasteiger partial charge on any atom is -0.493 e. The fourth-order valence-corrected chi connectivity index (χ4v) is 5.66. The topological polar surface area (TPSA) is 44.8 Å². The Morgan fingerprint density at radius 1 is 1.14 bits per heavy atom. The second-order valence-electron chi connectivity index (χ2n) is 10.2. The molecule has 36 heavy (non-hydrogen) atoms. The Bertz CT molecular complexity index is 1010. The van der Waals surface area contributed by atoms with Crippen LogP contribution in [0.4, 0.5) is 0 Å². The van der Waals surface area contributed by atoms with E-state index in [9.17, 15) is 4.79 Å². The lowest BCUT2D eigenvalue weighted by Gasteiger charge is -2.32. The summed E-state index contributed by atoms with van der Waals surface area (Å²) in [6, 6.07) is 10.1. The minimum atomic E-state index is -0.138. The number of amides is 1. The number of nitrogens with zero attached hydrogens (tertiary/aromatic N) is 2. The number of unbranched alkanes of at least 4 members (excludes halogenated alkanes) is 1. The van der Waals surface area contributed by atoms with Crippen LogP contribution >= 0.6 is 23.2 Å². The van der Waals surface area contributed by atoms with Gasteiger partial charge in [0.15, 0.2) is 0 Å². The van der Waals surface area contributed by atoms with Gasteiger partial charge in [-0.15, -0.1) is 0 Å². The molecular formula is C29H41Cl2N3O2. The molecule has 5 nitrogen and oxygen atoms in total. The molecule has 2 aromatic rings. The van der Waals surface area contributed by atoms with E-state index in [1.165, 1.54) is 23.1 Å². The first-order valence-electron chi connectivity index (χ1n) is 13.0. The van der Waals surface area contributed by atoms with Gasteiger partial charge in [-0.3, -0.25) is 9.69 Å². The SMILES string of the molecule is Cc1c(OCCCCN(C)C)ccc(C(C)N2CCCC2CCNC(=O)c2cc(Cl)cc(Cl)c2)c1C. The number of ether oxygens (including phenoxy) is 1. The number of hydrogen-bond acceptors (Lipinski definition) is 4. The molecule has 0 bridgehead atoms. The molecule has 1 saturated heterocycles. The van der Waals surface area contributed by atoms with Gasteiger partial charge in [-0.2, -0.15) is 0 Å². The van der Waals surface area contributed by atoms with Gasteiger partial charge in [-0.1, -0.05) is 29.3 Å². The predicted octanol–water partition coefficient (Wildman–Crippen LogP) is 6.68. The van der Waals surface area contributed by atoms with E-state index < -0.39 is 0 Å². The van der Waals surface area contributed by atoms with Crippen molar-refractivity contribution in [3.8, 4) is 5.75 Å². The van der Waals surface area contributed by atoms with Gasteiger partial charge >= 0.3 is 0 Å². The zero-order chi connectivity index (χ0) is 26.2. The maximum Gasteiger partial charge on any atom is 0.251 e. The summed E-state index contributed by atoms with van der Waals surface area (Å²) in [6.45, 7) is 10.2. The third-order valence-corrected chi connectivity index (χ3v) is 7.73. The average Bonchev–Trinajstić information content (AvgIpc) is 3.28. The summed E-state index contributed by atoms with van der Waals surface area (Å²) in [7, 11) is 4.21. The molecule has 1 fully saturated rings. The molecule has 7 heteroatoms. The number of carbonyl (C=O) groups is 1. The van der Waals surface area contributed by atoms with Crippen molar-refractivity contribution in [2.24, 2.45) is 0 Å². The lowest BCUT2D eigenvalue weighted by molar-refractivity contribution is 0.0947. The Morgan fingerprint density at radius 2 is 1.86 bits per heavy atom. The highest BCUT2D eigenvalue weighted by Crippen LogP contribution is 2.35. The quantitative estimate of drug-likeness (QED) is 0.309. The van der Waals surface area contributed by atoms with Crippen molar-refractivity contribution in [2.45, 2.75) is 65.0 Å². The third kappa shape index (κ3) is 7.85. The molecule has 0 spiro atoms. The monoisotopic (exact) mass is 533 g/mol. The van der Waals surface area contributed by atoms with E-state index >= 15 is 0 Å². The zero-order valence-corrected chi connectivity index (χ0v) is 23.9. The highest BCUT2D eigenvalue weighted by molar-refractivity contribution is 6.35. The van der Waals surface area contributed by atoms with E-state index in [-0.39, 0.29) is 5.91 Å². The molecule has 1 heterocycles. The maximum absolute atomic E-state index is 12.6. The Labute approximate surface area is 227 Å². The third-order valence-electron chi connectivity index (χ3n) is 7.29. The van der Waals surface area contributed by atoms with Gasteiger partial charge in [-0.25, -0.2) is 0 Å². The first-order valence-corrected chi connectivity index (χ1v) is 13.8. The Balaban J connectivity index is 1.55. The van der Waals surface area contributed by atoms with Crippen molar-refractivity contribution < 1.29 is 9.53 Å². The molecule has 1 aliphatic rings. The van der Waals surface area contributed by atoms with Gasteiger partial charge in [-0.05, 0) is 121 Å². The second kappa shape index (κ2) is 13.7. The highest BCUT2D eigenvalue weighted by atomic mass is 35.5. The first kappa shape index (κ1) is 28.8. The van der Waals surface area contributed by atoms with Crippen LogP contribution in [0.25, 0.3) is 0 Å². The van der Waals surface area contributed by atoms with Crippen LogP contribution in [-0.2, 0) is 0 Å². The first-order chi connectivity index (χ1) is 17.2. The summed E-state index contributed by atoms with van der Waals surface area (Å²) < 4.78 is 6.12. The number of nitrogens with one attached hydrogen (secondary N) is 1.